The molecule has 1 aliphatic rings. The van der Waals surface area contributed by atoms with Crippen LogP contribution in [-0.2, 0) is 0 Å². The van der Waals surface area contributed by atoms with Gasteiger partial charge in [0.15, 0.2) is 0 Å². The van der Waals surface area contributed by atoms with Crippen molar-refractivity contribution in [2.75, 3.05) is 0 Å². The van der Waals surface area contributed by atoms with Crippen molar-refractivity contribution in [2.45, 2.75) is 54.9 Å². The van der Waals surface area contributed by atoms with Gasteiger partial charge in [-0.15, -0.1) is 0 Å². The zero-order valence-corrected chi connectivity index (χ0v) is 11.7. The van der Waals surface area contributed by atoms with Crippen molar-refractivity contribution in [3.8, 4) is 0 Å². The van der Waals surface area contributed by atoms with Crippen LogP contribution in [0.3, 0.4) is 0 Å². The van der Waals surface area contributed by atoms with Crippen LogP contribution in [0.15, 0.2) is 0 Å². The summed E-state index contributed by atoms with van der Waals surface area (Å²) in [6, 6.07) is 0. The Balaban J connectivity index is 2.86. The smallest absolute Gasteiger partial charge is 0.0332 e. The van der Waals surface area contributed by atoms with Gasteiger partial charge in [0.2, 0.25) is 0 Å². The van der Waals surface area contributed by atoms with Gasteiger partial charge < -0.3 is 0 Å². The second kappa shape index (κ2) is 4.89. The maximum atomic E-state index is 2.49. The highest BCUT2D eigenvalue weighted by Gasteiger charge is 2.42. The van der Waals surface area contributed by atoms with Crippen molar-refractivity contribution in [1.29, 1.82) is 0 Å². The molecule has 0 bridgehead atoms. The predicted octanol–water partition coefficient (Wildman–Crippen LogP) is 4.84. The molecular weight excluding hydrogens is 180 g/mol. The van der Waals surface area contributed by atoms with Crippen LogP contribution in [0.4, 0.5) is 0 Å². The predicted molar refractivity (Wildman–Crippen MR) is 68.8 cm³/mol. The van der Waals surface area contributed by atoms with Crippen molar-refractivity contribution in [1.82, 2.24) is 0 Å². The number of hydrogen-bond acceptors (Lipinski definition) is 0. The van der Waals surface area contributed by atoms with Crippen LogP contribution in [0, 0.1) is 41.4 Å². The number of hydrogen-bond donors (Lipinski definition) is 0. The molecule has 15 heavy (non-hydrogen) atoms. The topological polar surface area (TPSA) is 0 Å². The summed E-state index contributed by atoms with van der Waals surface area (Å²) in [6.07, 6.45) is 1.34. The van der Waals surface area contributed by atoms with Crippen molar-refractivity contribution in [2.24, 2.45) is 41.4 Å². The van der Waals surface area contributed by atoms with Crippen molar-refractivity contribution in [3.05, 3.63) is 0 Å². The standard InChI is InChI=1S/C15H30/c1-8-9(2)15-13(6)11(4)10(3)12(5)14(15)7/h9-15H,8H2,1-7H3. The Kier molecular flexibility index (Phi) is 4.26. The highest BCUT2D eigenvalue weighted by molar-refractivity contribution is 4.90. The van der Waals surface area contributed by atoms with Crippen molar-refractivity contribution >= 4 is 0 Å². The highest BCUT2D eigenvalue weighted by atomic mass is 14.5. The molecule has 0 aromatic carbocycles. The molecule has 0 aliphatic heterocycles. The van der Waals surface area contributed by atoms with E-state index in [4.69, 9.17) is 0 Å². The van der Waals surface area contributed by atoms with Gasteiger partial charge in [0, 0.05) is 0 Å². The van der Waals surface area contributed by atoms with Gasteiger partial charge in [-0.2, -0.15) is 0 Å². The molecule has 5 unspecified atom stereocenters. The summed E-state index contributed by atoms with van der Waals surface area (Å²) in [4.78, 5) is 0. The zero-order chi connectivity index (χ0) is 11.7. The van der Waals surface area contributed by atoms with E-state index in [1.807, 2.05) is 0 Å². The molecule has 0 radical (unpaired) electrons. The van der Waals surface area contributed by atoms with Crippen LogP contribution in [0.25, 0.3) is 0 Å². The summed E-state index contributed by atoms with van der Waals surface area (Å²) in [5, 5.41) is 0. The molecule has 1 aliphatic carbocycles. The van der Waals surface area contributed by atoms with Crippen LogP contribution >= 0.6 is 0 Å². The van der Waals surface area contributed by atoms with Gasteiger partial charge in [-0.05, 0) is 41.4 Å². The first kappa shape index (κ1) is 13.1. The van der Waals surface area contributed by atoms with E-state index in [9.17, 15) is 0 Å². The average Bonchev–Trinajstić information content (AvgIpc) is 2.23. The summed E-state index contributed by atoms with van der Waals surface area (Å²) < 4.78 is 0. The first-order chi connectivity index (χ1) is 6.91. The van der Waals surface area contributed by atoms with E-state index in [1.165, 1.54) is 6.42 Å². The third-order valence-electron chi connectivity index (χ3n) is 5.83. The van der Waals surface area contributed by atoms with Crippen LogP contribution in [0.5, 0.6) is 0 Å². The summed E-state index contributed by atoms with van der Waals surface area (Å²) in [5.74, 6) is 6.34. The van der Waals surface area contributed by atoms with Gasteiger partial charge in [0.1, 0.15) is 0 Å². The summed E-state index contributed by atoms with van der Waals surface area (Å²) >= 11 is 0. The van der Waals surface area contributed by atoms with Gasteiger partial charge >= 0.3 is 0 Å². The van der Waals surface area contributed by atoms with Crippen LogP contribution in [0.1, 0.15) is 54.9 Å². The second-order valence-corrected chi connectivity index (χ2v) is 6.26. The van der Waals surface area contributed by atoms with E-state index in [2.05, 4.69) is 48.5 Å². The number of rotatable bonds is 2. The fourth-order valence-corrected chi connectivity index (χ4v) is 3.92. The van der Waals surface area contributed by atoms with Gasteiger partial charge in [-0.3, -0.25) is 0 Å². The lowest BCUT2D eigenvalue weighted by Crippen LogP contribution is -2.43. The van der Waals surface area contributed by atoms with Crippen LogP contribution in [-0.4, -0.2) is 0 Å². The Morgan fingerprint density at radius 1 is 0.733 bits per heavy atom. The summed E-state index contributed by atoms with van der Waals surface area (Å²) in [7, 11) is 0. The maximum Gasteiger partial charge on any atom is -0.0332 e. The third kappa shape index (κ3) is 2.24. The van der Waals surface area contributed by atoms with Crippen molar-refractivity contribution in [3.63, 3.8) is 0 Å². The maximum absolute atomic E-state index is 2.49. The molecule has 90 valence electrons. The molecular formula is C15H30. The molecule has 1 saturated carbocycles. The van der Waals surface area contributed by atoms with E-state index in [0.717, 1.165) is 41.4 Å². The first-order valence-electron chi connectivity index (χ1n) is 6.91. The zero-order valence-electron chi connectivity index (χ0n) is 11.7. The van der Waals surface area contributed by atoms with Crippen LogP contribution < -0.4 is 0 Å². The molecule has 0 saturated heterocycles. The Hall–Kier alpha value is 0. The lowest BCUT2D eigenvalue weighted by atomic mass is 9.56. The Morgan fingerprint density at radius 3 is 1.40 bits per heavy atom. The molecule has 1 rings (SSSR count). The molecule has 5 atom stereocenters. The minimum atomic E-state index is 0.896. The Morgan fingerprint density at radius 2 is 1.07 bits per heavy atom. The normalized spacial score (nSPS) is 49.0. The largest absolute Gasteiger partial charge is 0.0651 e. The highest BCUT2D eigenvalue weighted by Crippen LogP contribution is 2.48. The van der Waals surface area contributed by atoms with Crippen molar-refractivity contribution < 1.29 is 0 Å². The molecule has 0 amide bonds. The van der Waals surface area contributed by atoms with Crippen LogP contribution in [0.2, 0.25) is 0 Å². The molecule has 0 spiro atoms. The molecule has 0 heteroatoms. The van der Waals surface area contributed by atoms with E-state index < -0.39 is 0 Å². The quantitative estimate of drug-likeness (QED) is 0.611. The van der Waals surface area contributed by atoms with E-state index >= 15 is 0 Å². The lowest BCUT2D eigenvalue weighted by molar-refractivity contribution is -0.00823. The van der Waals surface area contributed by atoms with E-state index in [-0.39, 0.29) is 0 Å². The summed E-state index contributed by atoms with van der Waals surface area (Å²) in [6.45, 7) is 17.2. The molecule has 0 heterocycles. The minimum Gasteiger partial charge on any atom is -0.0651 e. The van der Waals surface area contributed by atoms with Gasteiger partial charge in [-0.25, -0.2) is 0 Å². The Bertz CT molecular complexity index is 180. The molecule has 0 aromatic heterocycles. The van der Waals surface area contributed by atoms with Gasteiger partial charge in [0.05, 0.1) is 0 Å². The molecule has 0 nitrogen and oxygen atoms in total. The average molecular weight is 210 g/mol. The fraction of sp³-hybridized carbons (Fsp3) is 1.00. The second-order valence-electron chi connectivity index (χ2n) is 6.26. The lowest BCUT2D eigenvalue weighted by Gasteiger charge is -2.49. The third-order valence-corrected chi connectivity index (χ3v) is 5.83. The monoisotopic (exact) mass is 210 g/mol. The van der Waals surface area contributed by atoms with E-state index in [0.29, 0.717) is 0 Å². The Labute approximate surface area is 96.8 Å². The van der Waals surface area contributed by atoms with Gasteiger partial charge in [0.25, 0.3) is 0 Å². The van der Waals surface area contributed by atoms with Gasteiger partial charge in [-0.1, -0.05) is 54.9 Å². The molecule has 0 N–H and O–H groups in total. The fourth-order valence-electron chi connectivity index (χ4n) is 3.92. The minimum absolute atomic E-state index is 0.896. The molecule has 1 fully saturated rings. The van der Waals surface area contributed by atoms with E-state index in [1.54, 1.807) is 0 Å². The SMILES string of the molecule is CCC(C)C1C(C)C(C)C(C)C(C)C1C. The molecule has 0 aromatic rings. The first-order valence-corrected chi connectivity index (χ1v) is 6.91. The summed E-state index contributed by atoms with van der Waals surface area (Å²) in [5.41, 5.74) is 0.